The van der Waals surface area contributed by atoms with E-state index in [-0.39, 0.29) is 5.82 Å². The van der Waals surface area contributed by atoms with Crippen LogP contribution in [0.5, 0.6) is 11.5 Å². The molecule has 3 rings (SSSR count). The van der Waals surface area contributed by atoms with E-state index in [9.17, 15) is 4.39 Å². The predicted octanol–water partition coefficient (Wildman–Crippen LogP) is 7.09. The summed E-state index contributed by atoms with van der Waals surface area (Å²) >= 11 is 15.6. The lowest BCUT2D eigenvalue weighted by atomic mass is 10.2. The Hall–Kier alpha value is -1.95. The van der Waals surface area contributed by atoms with Crippen molar-refractivity contribution in [2.45, 2.75) is 13.2 Å². The number of benzene rings is 3. The summed E-state index contributed by atoms with van der Waals surface area (Å²) in [4.78, 5) is 0. The van der Waals surface area contributed by atoms with Gasteiger partial charge in [0.1, 0.15) is 12.4 Å². The van der Waals surface area contributed by atoms with Crippen LogP contribution >= 0.6 is 39.1 Å². The van der Waals surface area contributed by atoms with Crippen LogP contribution in [0.3, 0.4) is 0 Å². The third-order valence-electron chi connectivity index (χ3n) is 3.94. The number of nitrogens with one attached hydrogen (secondary N) is 1. The highest BCUT2D eigenvalue weighted by Gasteiger charge is 2.12. The lowest BCUT2D eigenvalue weighted by Crippen LogP contribution is -2.03. The maximum absolute atomic E-state index is 13.0. The molecule has 3 aromatic rings. The van der Waals surface area contributed by atoms with Crippen LogP contribution in [-0.2, 0) is 13.2 Å². The molecule has 0 spiro atoms. The predicted molar refractivity (Wildman–Crippen MR) is 115 cm³/mol. The normalized spacial score (nSPS) is 10.6. The summed E-state index contributed by atoms with van der Waals surface area (Å²) in [6.45, 7) is 0.845. The third-order valence-corrected chi connectivity index (χ3v) is 4.97. The molecule has 0 unspecified atom stereocenters. The second-order valence-corrected chi connectivity index (χ2v) is 7.76. The molecule has 0 atom stereocenters. The molecular weight excluding hydrogens is 468 g/mol. The van der Waals surface area contributed by atoms with E-state index < -0.39 is 0 Å². The van der Waals surface area contributed by atoms with Gasteiger partial charge in [-0.25, -0.2) is 4.39 Å². The SMILES string of the molecule is COc1cc(CNc2cc(Cl)cc(Cl)c2)cc(Br)c1OCc1ccc(F)cc1. The van der Waals surface area contributed by atoms with Crippen LogP contribution in [0, 0.1) is 5.82 Å². The molecule has 0 fully saturated rings. The van der Waals surface area contributed by atoms with Gasteiger partial charge in [0.15, 0.2) is 11.5 Å². The Morgan fingerprint density at radius 3 is 2.29 bits per heavy atom. The maximum Gasteiger partial charge on any atom is 0.175 e. The zero-order valence-electron chi connectivity index (χ0n) is 14.9. The van der Waals surface area contributed by atoms with E-state index in [1.165, 1.54) is 12.1 Å². The summed E-state index contributed by atoms with van der Waals surface area (Å²) in [7, 11) is 1.58. The molecule has 0 saturated heterocycles. The fourth-order valence-electron chi connectivity index (χ4n) is 2.61. The molecular formula is C21H17BrCl2FNO2. The molecule has 0 bridgehead atoms. The second-order valence-electron chi connectivity index (χ2n) is 6.04. The Morgan fingerprint density at radius 1 is 0.964 bits per heavy atom. The molecule has 0 amide bonds. The van der Waals surface area contributed by atoms with Crippen LogP contribution in [-0.4, -0.2) is 7.11 Å². The Morgan fingerprint density at radius 2 is 1.64 bits per heavy atom. The van der Waals surface area contributed by atoms with E-state index in [2.05, 4.69) is 21.2 Å². The first-order valence-electron chi connectivity index (χ1n) is 8.38. The number of methoxy groups -OCH3 is 1. The van der Waals surface area contributed by atoms with Gasteiger partial charge in [-0.15, -0.1) is 0 Å². The number of hydrogen-bond donors (Lipinski definition) is 1. The van der Waals surface area contributed by atoms with Crippen molar-refractivity contribution in [1.29, 1.82) is 0 Å². The van der Waals surface area contributed by atoms with Crippen molar-refractivity contribution in [1.82, 2.24) is 0 Å². The lowest BCUT2D eigenvalue weighted by molar-refractivity contribution is 0.282. The van der Waals surface area contributed by atoms with Crippen LogP contribution in [0.25, 0.3) is 0 Å². The van der Waals surface area contributed by atoms with Crippen LogP contribution in [0.1, 0.15) is 11.1 Å². The van der Waals surface area contributed by atoms with Crippen molar-refractivity contribution < 1.29 is 13.9 Å². The van der Waals surface area contributed by atoms with Crippen LogP contribution in [0.2, 0.25) is 10.0 Å². The minimum Gasteiger partial charge on any atom is -0.493 e. The summed E-state index contributed by atoms with van der Waals surface area (Å²) in [5.74, 6) is 0.902. The monoisotopic (exact) mass is 483 g/mol. The zero-order valence-corrected chi connectivity index (χ0v) is 18.0. The van der Waals surface area contributed by atoms with Gasteiger partial charge >= 0.3 is 0 Å². The highest BCUT2D eigenvalue weighted by molar-refractivity contribution is 9.10. The van der Waals surface area contributed by atoms with Crippen LogP contribution < -0.4 is 14.8 Å². The van der Waals surface area contributed by atoms with Gasteiger partial charge in [0, 0.05) is 22.3 Å². The van der Waals surface area contributed by atoms with Gasteiger partial charge in [0.25, 0.3) is 0 Å². The zero-order chi connectivity index (χ0) is 20.1. The summed E-state index contributed by atoms with van der Waals surface area (Å²) in [6.07, 6.45) is 0. The summed E-state index contributed by atoms with van der Waals surface area (Å²) in [5.41, 5.74) is 2.66. The fraction of sp³-hybridized carbons (Fsp3) is 0.143. The van der Waals surface area contributed by atoms with Crippen molar-refractivity contribution in [3.63, 3.8) is 0 Å². The van der Waals surface area contributed by atoms with E-state index in [0.717, 1.165) is 21.3 Å². The molecule has 0 aliphatic heterocycles. The van der Waals surface area contributed by atoms with Gasteiger partial charge in [-0.05, 0) is 69.5 Å². The van der Waals surface area contributed by atoms with E-state index in [4.69, 9.17) is 32.7 Å². The Balaban J connectivity index is 1.72. The number of hydrogen-bond acceptors (Lipinski definition) is 3. The fourth-order valence-corrected chi connectivity index (χ4v) is 3.74. The van der Waals surface area contributed by atoms with E-state index >= 15 is 0 Å². The lowest BCUT2D eigenvalue weighted by Gasteiger charge is -2.15. The van der Waals surface area contributed by atoms with E-state index in [1.54, 1.807) is 37.4 Å². The summed E-state index contributed by atoms with van der Waals surface area (Å²) < 4.78 is 25.2. The number of rotatable bonds is 7. The first-order valence-corrected chi connectivity index (χ1v) is 9.93. The largest absolute Gasteiger partial charge is 0.493 e. The van der Waals surface area contributed by atoms with Crippen LogP contribution in [0.15, 0.2) is 59.1 Å². The molecule has 0 aliphatic carbocycles. The van der Waals surface area contributed by atoms with Gasteiger partial charge in [0.2, 0.25) is 0 Å². The molecule has 3 aromatic carbocycles. The third kappa shape index (κ3) is 5.53. The molecule has 0 aromatic heterocycles. The smallest absolute Gasteiger partial charge is 0.175 e. The molecule has 0 aliphatic rings. The average molecular weight is 485 g/mol. The van der Waals surface area contributed by atoms with Gasteiger partial charge in [-0.2, -0.15) is 0 Å². The van der Waals surface area contributed by atoms with Crippen molar-refractivity contribution in [3.05, 3.63) is 86.1 Å². The molecule has 1 N–H and O–H groups in total. The quantitative estimate of drug-likeness (QED) is 0.388. The molecule has 28 heavy (non-hydrogen) atoms. The van der Waals surface area contributed by atoms with Gasteiger partial charge in [-0.1, -0.05) is 35.3 Å². The summed E-state index contributed by atoms with van der Waals surface area (Å²) in [5, 5.41) is 4.42. The number of halogens is 4. The van der Waals surface area contributed by atoms with Crippen molar-refractivity contribution in [2.75, 3.05) is 12.4 Å². The first-order chi connectivity index (χ1) is 13.4. The highest BCUT2D eigenvalue weighted by Crippen LogP contribution is 2.37. The Labute approximate surface area is 181 Å². The van der Waals surface area contributed by atoms with Crippen molar-refractivity contribution in [2.24, 2.45) is 0 Å². The Bertz CT molecular complexity index is 947. The molecule has 0 heterocycles. The molecule has 0 radical (unpaired) electrons. The highest BCUT2D eigenvalue weighted by atomic mass is 79.9. The topological polar surface area (TPSA) is 30.5 Å². The summed E-state index contributed by atoms with van der Waals surface area (Å²) in [6, 6.07) is 15.3. The Kier molecular flexibility index (Phi) is 7.05. The van der Waals surface area contributed by atoms with Crippen LogP contribution in [0.4, 0.5) is 10.1 Å². The second kappa shape index (κ2) is 9.50. The molecule has 146 valence electrons. The standard InChI is InChI=1S/C21H17BrCl2FNO2/c1-27-20-7-14(11-26-18-9-15(23)8-16(24)10-18)6-19(22)21(20)28-12-13-2-4-17(25)5-3-13/h2-10,26H,11-12H2,1H3. The van der Waals surface area contributed by atoms with E-state index in [1.807, 2.05) is 12.1 Å². The first kappa shape index (κ1) is 20.8. The van der Waals surface area contributed by atoms with Gasteiger partial charge < -0.3 is 14.8 Å². The van der Waals surface area contributed by atoms with Crippen molar-refractivity contribution >= 4 is 44.8 Å². The number of ether oxygens (including phenoxy) is 2. The van der Waals surface area contributed by atoms with Gasteiger partial charge in [0.05, 0.1) is 11.6 Å². The molecule has 0 saturated carbocycles. The van der Waals surface area contributed by atoms with E-state index in [0.29, 0.717) is 34.7 Å². The minimum atomic E-state index is -0.277. The molecule has 3 nitrogen and oxygen atoms in total. The minimum absolute atomic E-state index is 0.277. The van der Waals surface area contributed by atoms with Crippen molar-refractivity contribution in [3.8, 4) is 11.5 Å². The average Bonchev–Trinajstić information content (AvgIpc) is 2.65. The maximum atomic E-state index is 13.0. The van der Waals surface area contributed by atoms with Gasteiger partial charge in [-0.3, -0.25) is 0 Å². The number of anilines is 1. The molecule has 7 heteroatoms.